The molecule has 2 atom stereocenters. The smallest absolute Gasteiger partial charge is 0.211 e. The van der Waals surface area contributed by atoms with Crippen LogP contribution in [-0.4, -0.2) is 127 Å². The summed E-state index contributed by atoms with van der Waals surface area (Å²) in [5.74, 6) is 3.25. The summed E-state index contributed by atoms with van der Waals surface area (Å²) >= 11 is 0. The van der Waals surface area contributed by atoms with Gasteiger partial charge in [-0.1, -0.05) is 97.1 Å². The van der Waals surface area contributed by atoms with Crippen LogP contribution >= 0.6 is 0 Å². The van der Waals surface area contributed by atoms with Crippen molar-refractivity contribution in [2.75, 3.05) is 61.6 Å². The molecule has 11 rings (SSSR count). The van der Waals surface area contributed by atoms with E-state index in [-0.39, 0.29) is 24.3 Å². The van der Waals surface area contributed by atoms with Gasteiger partial charge in [0, 0.05) is 85.8 Å². The standard InChI is InChI=1S/C40H41N5O3S.C22H28N4O3S/c1-29(2)48-35-20-21-37-36(27-35)39(31-22-23-41-38(26-31)43-24-25-44(30(3)28-43)49(4,46)47)42-45(37)40(32-14-8-5-9-15-32,33-16-10-6-11-17-33)34-18-12-7-13-19-34;1-15(2)29-19-6-5-18-13-24-22(20(18)12-19)17-7-8-23-21(11-17)25-9-10-26(16(3)14-25)30(4,27)28/h5-23,26-27,29-30H,24-25,28H2,1-4H3;5-8,11-12,15-16H,9-10,13-14H2,1-4H3. The lowest BCUT2D eigenvalue weighted by Gasteiger charge is -2.38. The summed E-state index contributed by atoms with van der Waals surface area (Å²) in [7, 11) is -6.48. The molecule has 2 saturated heterocycles. The second-order valence-corrected chi connectivity index (χ2v) is 25.1. The molecule has 2 unspecified atom stereocenters. The maximum Gasteiger partial charge on any atom is 0.211 e. The van der Waals surface area contributed by atoms with E-state index < -0.39 is 25.6 Å². The lowest BCUT2D eigenvalue weighted by atomic mass is 9.77. The summed E-state index contributed by atoms with van der Waals surface area (Å²) in [4.78, 5) is 18.4. The molecule has 6 heterocycles. The van der Waals surface area contributed by atoms with Crippen molar-refractivity contribution in [1.29, 1.82) is 0 Å². The number of nitrogens with zero attached hydrogens (tertiary/aromatic N) is 9. The predicted octanol–water partition coefficient (Wildman–Crippen LogP) is 9.89. The zero-order chi connectivity index (χ0) is 55.6. The molecule has 2 fully saturated rings. The van der Waals surface area contributed by atoms with Crippen LogP contribution in [0.2, 0.25) is 0 Å². The molecule has 0 N–H and O–H groups in total. The van der Waals surface area contributed by atoms with Gasteiger partial charge in [-0.25, -0.2) is 31.5 Å². The Morgan fingerprint density at radius 3 is 1.51 bits per heavy atom. The molecule has 3 aliphatic heterocycles. The number of piperazine rings is 2. The Morgan fingerprint density at radius 2 is 1.03 bits per heavy atom. The van der Waals surface area contributed by atoms with E-state index in [0.717, 1.165) is 78.8 Å². The fourth-order valence-corrected chi connectivity index (χ4v) is 13.6. The van der Waals surface area contributed by atoms with Crippen LogP contribution in [0.5, 0.6) is 11.5 Å². The van der Waals surface area contributed by atoms with Crippen molar-refractivity contribution in [3.8, 4) is 22.8 Å². The SMILES string of the molecule is CC(C)Oc1ccc2c(c1)C(c1ccnc(N3CCN(S(C)(=O)=O)C(C)C3)c1)=NC2.CC(C)Oc1ccc2c(c1)c(-c1ccnc(N3CCN(S(C)(=O)=O)C(C)C3)c1)nn2C(c1ccccc1)(c1ccccc1)c1ccccc1. The molecule has 5 aromatic carbocycles. The predicted molar refractivity (Wildman–Crippen MR) is 316 cm³/mol. The quantitative estimate of drug-likeness (QED) is 0.0956. The molecule has 0 aliphatic carbocycles. The highest BCUT2D eigenvalue weighted by Gasteiger charge is 2.41. The Balaban J connectivity index is 0.000000201. The number of aliphatic imine (C=N–C) groups is 1. The van der Waals surface area contributed by atoms with Gasteiger partial charge in [-0.15, -0.1) is 0 Å². The Hall–Kier alpha value is -7.44. The number of fused-ring (bicyclic) bond motifs is 2. The minimum atomic E-state index is -3.29. The third kappa shape index (κ3) is 11.5. The second-order valence-electron chi connectivity index (χ2n) is 21.2. The van der Waals surface area contributed by atoms with Crippen molar-refractivity contribution < 1.29 is 26.3 Å². The Bertz CT molecular complexity index is 3610. The van der Waals surface area contributed by atoms with Crippen molar-refractivity contribution >= 4 is 48.3 Å². The van der Waals surface area contributed by atoms with Crippen LogP contribution in [0.4, 0.5) is 11.6 Å². The third-order valence-corrected chi connectivity index (χ3v) is 17.5. The molecule has 0 saturated carbocycles. The zero-order valence-corrected chi connectivity index (χ0v) is 47.8. The zero-order valence-electron chi connectivity index (χ0n) is 46.1. The van der Waals surface area contributed by atoms with Crippen molar-refractivity contribution in [3.63, 3.8) is 0 Å². The van der Waals surface area contributed by atoms with Crippen molar-refractivity contribution in [3.05, 3.63) is 197 Å². The van der Waals surface area contributed by atoms with E-state index in [1.54, 1.807) is 14.8 Å². The van der Waals surface area contributed by atoms with E-state index in [2.05, 4.69) is 123 Å². The van der Waals surface area contributed by atoms with Crippen LogP contribution in [0, 0.1) is 0 Å². The van der Waals surface area contributed by atoms with Gasteiger partial charge in [-0.05, 0) is 118 Å². The number of rotatable bonds is 14. The highest BCUT2D eigenvalue weighted by atomic mass is 32.2. The minimum absolute atomic E-state index is 0.00751. The second kappa shape index (κ2) is 22.7. The number of pyridine rings is 2. The molecule has 0 bridgehead atoms. The fourth-order valence-electron chi connectivity index (χ4n) is 11.3. The van der Waals surface area contributed by atoms with Gasteiger partial charge < -0.3 is 19.3 Å². The summed E-state index contributed by atoms with van der Waals surface area (Å²) < 4.78 is 66.0. The average molecular weight is 1100 g/mol. The number of benzene rings is 5. The Morgan fingerprint density at radius 1 is 0.557 bits per heavy atom. The van der Waals surface area contributed by atoms with Gasteiger partial charge in [-0.2, -0.15) is 13.7 Å². The number of aromatic nitrogens is 4. The first-order chi connectivity index (χ1) is 37.9. The first-order valence-electron chi connectivity index (χ1n) is 27.0. The van der Waals surface area contributed by atoms with E-state index >= 15 is 0 Å². The fraction of sp³-hybridized carbons (Fsp3) is 0.323. The molecule has 17 heteroatoms. The molecular weight excluding hydrogens is 1030 g/mol. The van der Waals surface area contributed by atoms with E-state index in [1.807, 2.05) is 96.3 Å². The maximum absolute atomic E-state index is 12.4. The molecule has 0 amide bonds. The lowest BCUT2D eigenvalue weighted by molar-refractivity contribution is 0.242. The number of sulfonamides is 2. The highest BCUT2D eigenvalue weighted by Crippen LogP contribution is 2.45. The highest BCUT2D eigenvalue weighted by molar-refractivity contribution is 7.88. The molecule has 15 nitrogen and oxygen atoms in total. The van der Waals surface area contributed by atoms with Gasteiger partial charge in [0.1, 0.15) is 34.4 Å². The van der Waals surface area contributed by atoms with Crippen molar-refractivity contribution in [2.24, 2.45) is 4.99 Å². The van der Waals surface area contributed by atoms with Gasteiger partial charge in [0.05, 0.1) is 42.5 Å². The van der Waals surface area contributed by atoms with Crippen LogP contribution in [0.15, 0.2) is 169 Å². The molecule has 8 aromatic rings. The van der Waals surface area contributed by atoms with Crippen LogP contribution < -0.4 is 19.3 Å². The first-order valence-corrected chi connectivity index (χ1v) is 30.7. The van der Waals surface area contributed by atoms with Gasteiger partial charge in [0.2, 0.25) is 20.0 Å². The number of ether oxygens (including phenoxy) is 2. The van der Waals surface area contributed by atoms with Crippen molar-refractivity contribution in [2.45, 2.75) is 77.9 Å². The first kappa shape index (κ1) is 54.9. The summed E-state index contributed by atoms with van der Waals surface area (Å²) in [6.45, 7) is 15.8. The maximum atomic E-state index is 12.4. The summed E-state index contributed by atoms with van der Waals surface area (Å²) in [6, 6.07) is 51.8. The van der Waals surface area contributed by atoms with Crippen LogP contribution in [0.3, 0.4) is 0 Å². The van der Waals surface area contributed by atoms with Gasteiger partial charge in [0.15, 0.2) is 0 Å². The summed E-state index contributed by atoms with van der Waals surface area (Å²) in [5, 5.41) is 6.51. The van der Waals surface area contributed by atoms with Crippen LogP contribution in [0.1, 0.15) is 74.9 Å². The largest absolute Gasteiger partial charge is 0.491 e. The number of anilines is 2. The Kier molecular flexibility index (Phi) is 15.8. The molecule has 0 spiro atoms. The molecule has 3 aromatic heterocycles. The lowest BCUT2D eigenvalue weighted by Crippen LogP contribution is -2.53. The number of hydrogen-bond donors (Lipinski definition) is 0. The molecule has 0 radical (unpaired) electrons. The van der Waals surface area contributed by atoms with Crippen LogP contribution in [0.25, 0.3) is 22.2 Å². The minimum Gasteiger partial charge on any atom is -0.491 e. The average Bonchev–Trinajstić information content (AvgIpc) is 4.21. The molecule has 79 heavy (non-hydrogen) atoms. The van der Waals surface area contributed by atoms with Gasteiger partial charge >= 0.3 is 0 Å². The normalized spacial score (nSPS) is 17.4. The molecule has 410 valence electrons. The Labute approximate surface area is 465 Å². The van der Waals surface area contributed by atoms with E-state index in [9.17, 15) is 16.8 Å². The molecule has 3 aliphatic rings. The van der Waals surface area contributed by atoms with Gasteiger partial charge in [0.25, 0.3) is 0 Å². The number of hydrogen-bond acceptors (Lipinski definition) is 12. The van der Waals surface area contributed by atoms with Crippen molar-refractivity contribution in [1.82, 2.24) is 28.4 Å². The summed E-state index contributed by atoms with van der Waals surface area (Å²) in [6.07, 6.45) is 6.28. The summed E-state index contributed by atoms with van der Waals surface area (Å²) in [5.41, 5.74) is 9.36. The van der Waals surface area contributed by atoms with E-state index in [1.165, 1.54) is 18.1 Å². The van der Waals surface area contributed by atoms with Crippen LogP contribution in [-0.2, 0) is 32.1 Å². The molecular formula is C62H69N9O6S2. The van der Waals surface area contributed by atoms with Gasteiger partial charge in [-0.3, -0.25) is 4.99 Å². The third-order valence-electron chi connectivity index (χ3n) is 14.7. The monoisotopic (exact) mass is 1100 g/mol. The van der Waals surface area contributed by atoms with E-state index in [0.29, 0.717) is 45.8 Å². The van der Waals surface area contributed by atoms with E-state index in [4.69, 9.17) is 24.5 Å². The topological polar surface area (TPSA) is 156 Å².